The molecule has 1 aromatic heterocycles. The Hall–Kier alpha value is -1.87. The highest BCUT2D eigenvalue weighted by Gasteiger charge is 2.48. The van der Waals surface area contributed by atoms with E-state index in [2.05, 4.69) is 66.3 Å². The van der Waals surface area contributed by atoms with Gasteiger partial charge < -0.3 is 4.98 Å². The molecule has 2 aliphatic rings. The molecule has 0 spiro atoms. The quantitative estimate of drug-likeness (QED) is 0.882. The molecule has 1 fully saturated rings. The van der Waals surface area contributed by atoms with Crippen LogP contribution in [0, 0.1) is 5.92 Å². The maximum atomic E-state index is 12.6. The largest absolute Gasteiger partial charge is 0.361 e. The van der Waals surface area contributed by atoms with Gasteiger partial charge in [-0.05, 0) is 38.3 Å². The van der Waals surface area contributed by atoms with Crippen molar-refractivity contribution in [3.05, 3.63) is 48.2 Å². The standard InChI is InChI=1S/C19H22N2O/c1-12(2)21-17-9-5-7-15(19(17)22)18(21)10-13-11-20-16-8-4-3-6-14(13)16/h3-6,8-9,11-12,15,17-18,20H,7,10H2,1-2H3/t15-,17-,18-/m1/s1. The summed E-state index contributed by atoms with van der Waals surface area (Å²) in [5.41, 5.74) is 2.51. The van der Waals surface area contributed by atoms with E-state index < -0.39 is 0 Å². The number of hydrogen-bond donors (Lipinski definition) is 1. The van der Waals surface area contributed by atoms with E-state index >= 15 is 0 Å². The summed E-state index contributed by atoms with van der Waals surface area (Å²) in [6.45, 7) is 4.40. The number of aromatic amines is 1. The number of nitrogens with one attached hydrogen (secondary N) is 1. The molecule has 0 amide bonds. The molecule has 2 heterocycles. The third kappa shape index (κ3) is 1.96. The summed E-state index contributed by atoms with van der Waals surface area (Å²) >= 11 is 0. The van der Waals surface area contributed by atoms with Crippen molar-refractivity contribution in [2.45, 2.75) is 44.8 Å². The Morgan fingerprint density at radius 2 is 2.14 bits per heavy atom. The average Bonchev–Trinajstić information content (AvgIpc) is 2.94. The highest BCUT2D eigenvalue weighted by atomic mass is 16.1. The van der Waals surface area contributed by atoms with Crippen LogP contribution in [0.2, 0.25) is 0 Å². The van der Waals surface area contributed by atoms with Crippen LogP contribution in [-0.4, -0.2) is 33.8 Å². The number of fused-ring (bicyclic) bond motifs is 3. The van der Waals surface area contributed by atoms with Gasteiger partial charge >= 0.3 is 0 Å². The molecule has 0 radical (unpaired) electrons. The smallest absolute Gasteiger partial charge is 0.158 e. The average molecular weight is 294 g/mol. The van der Waals surface area contributed by atoms with Crippen LogP contribution >= 0.6 is 0 Å². The molecule has 1 N–H and O–H groups in total. The second kappa shape index (κ2) is 5.10. The van der Waals surface area contributed by atoms with Gasteiger partial charge in [0.05, 0.1) is 6.04 Å². The van der Waals surface area contributed by atoms with Gasteiger partial charge in [-0.15, -0.1) is 0 Å². The molecule has 1 aliphatic carbocycles. The fourth-order valence-electron chi connectivity index (χ4n) is 4.27. The van der Waals surface area contributed by atoms with Crippen molar-refractivity contribution >= 4 is 16.7 Å². The van der Waals surface area contributed by atoms with Crippen LogP contribution < -0.4 is 0 Å². The van der Waals surface area contributed by atoms with Gasteiger partial charge in [0, 0.05) is 35.1 Å². The van der Waals surface area contributed by atoms with E-state index in [-0.39, 0.29) is 12.0 Å². The molecule has 4 rings (SSSR count). The van der Waals surface area contributed by atoms with Gasteiger partial charge in [-0.3, -0.25) is 9.69 Å². The number of nitrogens with zero attached hydrogens (tertiary/aromatic N) is 1. The maximum Gasteiger partial charge on any atom is 0.158 e. The second-order valence-corrected chi connectivity index (χ2v) is 6.79. The molecule has 2 aromatic rings. The molecular formula is C19H22N2O. The van der Waals surface area contributed by atoms with Crippen LogP contribution in [0.15, 0.2) is 42.6 Å². The summed E-state index contributed by atoms with van der Waals surface area (Å²) in [6, 6.07) is 9.11. The number of carbonyl (C=O) groups excluding carboxylic acids is 1. The van der Waals surface area contributed by atoms with Gasteiger partial charge in [-0.1, -0.05) is 30.4 Å². The third-order valence-electron chi connectivity index (χ3n) is 5.23. The summed E-state index contributed by atoms with van der Waals surface area (Å²) in [5, 5.41) is 1.29. The molecule has 0 saturated carbocycles. The minimum absolute atomic E-state index is 0.00560. The number of likely N-dealkylation sites (tertiary alicyclic amines) is 1. The number of para-hydroxylation sites is 1. The molecule has 3 atom stereocenters. The first-order chi connectivity index (χ1) is 10.7. The number of allylic oxidation sites excluding steroid dienone is 1. The number of rotatable bonds is 3. The minimum Gasteiger partial charge on any atom is -0.361 e. The normalized spacial score (nSPS) is 28.1. The first-order valence-electron chi connectivity index (χ1n) is 8.19. The predicted molar refractivity (Wildman–Crippen MR) is 88.8 cm³/mol. The van der Waals surface area contributed by atoms with Crippen molar-refractivity contribution in [2.75, 3.05) is 0 Å². The van der Waals surface area contributed by atoms with Crippen molar-refractivity contribution < 1.29 is 4.79 Å². The lowest BCUT2D eigenvalue weighted by atomic mass is 9.87. The Balaban J connectivity index is 1.71. The van der Waals surface area contributed by atoms with Crippen molar-refractivity contribution in [2.24, 2.45) is 5.92 Å². The molecule has 2 bridgehead atoms. The van der Waals surface area contributed by atoms with Crippen molar-refractivity contribution in [1.29, 1.82) is 0 Å². The first-order valence-corrected chi connectivity index (χ1v) is 8.19. The maximum absolute atomic E-state index is 12.6. The summed E-state index contributed by atoms with van der Waals surface area (Å²) in [6.07, 6.45) is 8.25. The topological polar surface area (TPSA) is 36.1 Å². The highest BCUT2D eigenvalue weighted by Crippen LogP contribution is 2.38. The minimum atomic E-state index is -0.00560. The number of ketones is 1. The van der Waals surface area contributed by atoms with Crippen LogP contribution in [0.3, 0.4) is 0 Å². The molecule has 1 aliphatic heterocycles. The summed E-state index contributed by atoms with van der Waals surface area (Å²) in [7, 11) is 0. The van der Waals surface area contributed by atoms with Crippen LogP contribution in [-0.2, 0) is 11.2 Å². The van der Waals surface area contributed by atoms with Crippen LogP contribution in [0.5, 0.6) is 0 Å². The van der Waals surface area contributed by atoms with Crippen molar-refractivity contribution in [3.8, 4) is 0 Å². The van der Waals surface area contributed by atoms with E-state index in [1.165, 1.54) is 16.5 Å². The summed E-state index contributed by atoms with van der Waals surface area (Å²) in [4.78, 5) is 18.4. The molecule has 3 heteroatoms. The van der Waals surface area contributed by atoms with Gasteiger partial charge in [-0.25, -0.2) is 0 Å². The van der Waals surface area contributed by atoms with E-state index in [9.17, 15) is 4.79 Å². The molecule has 1 aromatic carbocycles. The third-order valence-corrected chi connectivity index (χ3v) is 5.23. The number of aromatic nitrogens is 1. The molecule has 1 saturated heterocycles. The van der Waals surface area contributed by atoms with E-state index in [4.69, 9.17) is 0 Å². The molecular weight excluding hydrogens is 272 g/mol. The fraction of sp³-hybridized carbons (Fsp3) is 0.421. The van der Waals surface area contributed by atoms with E-state index in [0.29, 0.717) is 17.9 Å². The molecule has 22 heavy (non-hydrogen) atoms. The number of H-pyrrole nitrogens is 1. The SMILES string of the molecule is CC(C)N1[C@@H]2C=CC[C@@H](C2=O)[C@H]1Cc1c[nH]c2ccccc12. The Morgan fingerprint density at radius 3 is 2.95 bits per heavy atom. The molecule has 114 valence electrons. The van der Waals surface area contributed by atoms with E-state index in [0.717, 1.165) is 12.8 Å². The zero-order valence-electron chi connectivity index (χ0n) is 13.1. The fourth-order valence-corrected chi connectivity index (χ4v) is 4.27. The Bertz CT molecular complexity index is 743. The van der Waals surface area contributed by atoms with Gasteiger partial charge in [0.25, 0.3) is 0 Å². The Morgan fingerprint density at radius 1 is 1.32 bits per heavy atom. The zero-order chi connectivity index (χ0) is 15.3. The second-order valence-electron chi connectivity index (χ2n) is 6.79. The lowest BCUT2D eigenvalue weighted by Gasteiger charge is -2.31. The van der Waals surface area contributed by atoms with Crippen LogP contribution in [0.4, 0.5) is 0 Å². The Labute approximate surface area is 131 Å². The number of hydrogen-bond acceptors (Lipinski definition) is 2. The number of carbonyl (C=O) groups is 1. The first kappa shape index (κ1) is 13.8. The lowest BCUT2D eigenvalue weighted by Crippen LogP contribution is -2.42. The van der Waals surface area contributed by atoms with E-state index in [1.807, 2.05) is 0 Å². The monoisotopic (exact) mass is 294 g/mol. The molecule has 3 nitrogen and oxygen atoms in total. The van der Waals surface area contributed by atoms with Crippen LogP contribution in [0.1, 0.15) is 25.8 Å². The van der Waals surface area contributed by atoms with Gasteiger partial charge in [0.2, 0.25) is 0 Å². The van der Waals surface area contributed by atoms with Gasteiger partial charge in [0.15, 0.2) is 5.78 Å². The number of benzene rings is 1. The summed E-state index contributed by atoms with van der Waals surface area (Å²) in [5.74, 6) is 0.576. The van der Waals surface area contributed by atoms with Crippen LogP contribution in [0.25, 0.3) is 10.9 Å². The number of Topliss-reactive ketones (excluding diaryl/α,β-unsaturated/α-hetero) is 1. The van der Waals surface area contributed by atoms with Gasteiger partial charge in [-0.2, -0.15) is 0 Å². The predicted octanol–water partition coefficient (Wildman–Crippen LogP) is 3.32. The zero-order valence-corrected chi connectivity index (χ0v) is 13.1. The van der Waals surface area contributed by atoms with Crippen molar-refractivity contribution in [1.82, 2.24) is 9.88 Å². The van der Waals surface area contributed by atoms with Crippen molar-refractivity contribution in [3.63, 3.8) is 0 Å². The Kier molecular flexibility index (Phi) is 3.19. The lowest BCUT2D eigenvalue weighted by molar-refractivity contribution is -0.122. The highest BCUT2D eigenvalue weighted by molar-refractivity contribution is 5.92. The summed E-state index contributed by atoms with van der Waals surface area (Å²) < 4.78 is 0. The van der Waals surface area contributed by atoms with E-state index in [1.54, 1.807) is 0 Å². The molecule has 0 unspecified atom stereocenters. The van der Waals surface area contributed by atoms with Gasteiger partial charge in [0.1, 0.15) is 0 Å².